The Labute approximate surface area is 162 Å². The van der Waals surface area contributed by atoms with Gasteiger partial charge in [0.15, 0.2) is 5.11 Å². The lowest BCUT2D eigenvalue weighted by molar-refractivity contribution is -0.137. The summed E-state index contributed by atoms with van der Waals surface area (Å²) in [7, 11) is 1.78. The molecule has 0 heterocycles. The van der Waals surface area contributed by atoms with Gasteiger partial charge >= 0.3 is 6.18 Å². The second-order valence-electron chi connectivity index (χ2n) is 6.24. The van der Waals surface area contributed by atoms with Gasteiger partial charge in [0.1, 0.15) is 0 Å². The molecule has 0 spiro atoms. The van der Waals surface area contributed by atoms with E-state index in [0.29, 0.717) is 23.6 Å². The molecule has 0 amide bonds. The van der Waals surface area contributed by atoms with E-state index in [0.717, 1.165) is 25.0 Å². The minimum Gasteiger partial charge on any atom is -0.399 e. The first-order valence-corrected chi connectivity index (χ1v) is 8.97. The summed E-state index contributed by atoms with van der Waals surface area (Å²) >= 11 is 5.22. The molecule has 2 aromatic carbocycles. The molecule has 2 rings (SSSR count). The molecule has 0 radical (unpaired) electrons. The molecule has 0 aromatic heterocycles. The minimum absolute atomic E-state index is 0.196. The maximum atomic E-state index is 13.3. The van der Waals surface area contributed by atoms with E-state index in [9.17, 15) is 13.2 Å². The predicted molar refractivity (Wildman–Crippen MR) is 110 cm³/mol. The molecule has 0 fully saturated rings. The lowest BCUT2D eigenvalue weighted by Gasteiger charge is -2.22. The number of anilines is 4. The van der Waals surface area contributed by atoms with Crippen molar-refractivity contribution in [2.24, 2.45) is 0 Å². The molecule has 4 N–H and O–H groups in total. The van der Waals surface area contributed by atoms with Gasteiger partial charge in [0, 0.05) is 36.3 Å². The first-order valence-electron chi connectivity index (χ1n) is 8.56. The number of halogens is 3. The quantitative estimate of drug-likeness (QED) is 0.455. The first kappa shape index (κ1) is 20.8. The van der Waals surface area contributed by atoms with Crippen LogP contribution in [0.2, 0.25) is 0 Å². The number of hydrogen-bond donors (Lipinski definition) is 3. The number of benzene rings is 2. The number of nitrogens with one attached hydrogen (secondary N) is 2. The van der Waals surface area contributed by atoms with Crippen molar-refractivity contribution in [2.75, 3.05) is 34.9 Å². The zero-order valence-corrected chi connectivity index (χ0v) is 16.0. The number of unbranched alkanes of at least 4 members (excludes halogenated alkanes) is 1. The summed E-state index contributed by atoms with van der Waals surface area (Å²) in [5, 5.41) is 5.96. The summed E-state index contributed by atoms with van der Waals surface area (Å²) in [6.07, 6.45) is -2.58. The normalized spacial score (nSPS) is 11.1. The van der Waals surface area contributed by atoms with Crippen molar-refractivity contribution in [1.82, 2.24) is 0 Å². The minimum atomic E-state index is -4.44. The molecule has 146 valence electrons. The molecule has 0 aliphatic heterocycles. The number of nitrogens with two attached hydrogens (primary N) is 1. The Balaban J connectivity index is 2.20. The van der Waals surface area contributed by atoms with Gasteiger partial charge in [-0.3, -0.25) is 0 Å². The molecule has 0 aliphatic carbocycles. The van der Waals surface area contributed by atoms with E-state index in [1.165, 1.54) is 0 Å². The van der Waals surface area contributed by atoms with Gasteiger partial charge in [0.2, 0.25) is 0 Å². The standard InChI is InChI=1S/C19H23F3N4S/c1-3-4-9-26(2)17-11-13(19(20,21)22)10-16(12-17)25-18(27)24-15-7-5-14(23)6-8-15/h5-8,10-12H,3-4,9,23H2,1-2H3,(H2,24,25,27). The van der Waals surface area contributed by atoms with E-state index in [1.54, 1.807) is 42.3 Å². The topological polar surface area (TPSA) is 53.3 Å². The molecule has 0 bridgehead atoms. The van der Waals surface area contributed by atoms with E-state index in [-0.39, 0.29) is 10.8 Å². The Morgan fingerprint density at radius 2 is 1.70 bits per heavy atom. The zero-order chi connectivity index (χ0) is 20.0. The Morgan fingerprint density at radius 1 is 1.07 bits per heavy atom. The molecule has 2 aromatic rings. The lowest BCUT2D eigenvalue weighted by atomic mass is 10.1. The maximum absolute atomic E-state index is 13.3. The van der Waals surface area contributed by atoms with Gasteiger partial charge in [-0.15, -0.1) is 0 Å². The van der Waals surface area contributed by atoms with Gasteiger partial charge in [0.05, 0.1) is 5.56 Å². The molecule has 0 saturated carbocycles. The first-order chi connectivity index (χ1) is 12.7. The summed E-state index contributed by atoms with van der Waals surface area (Å²) < 4.78 is 39.8. The Bertz CT molecular complexity index is 776. The number of rotatable bonds is 6. The highest BCUT2D eigenvalue weighted by molar-refractivity contribution is 7.80. The average molecular weight is 396 g/mol. The van der Waals surface area contributed by atoms with Crippen molar-refractivity contribution in [3.05, 3.63) is 48.0 Å². The van der Waals surface area contributed by atoms with Crippen LogP contribution in [-0.2, 0) is 6.18 Å². The van der Waals surface area contributed by atoms with Gasteiger partial charge in [-0.1, -0.05) is 13.3 Å². The highest BCUT2D eigenvalue weighted by atomic mass is 32.1. The second kappa shape index (κ2) is 8.94. The van der Waals surface area contributed by atoms with Gasteiger partial charge in [0.25, 0.3) is 0 Å². The van der Waals surface area contributed by atoms with Crippen molar-refractivity contribution in [3.63, 3.8) is 0 Å². The molecule has 0 aliphatic rings. The van der Waals surface area contributed by atoms with Crippen molar-refractivity contribution in [3.8, 4) is 0 Å². The van der Waals surface area contributed by atoms with Crippen LogP contribution in [0.15, 0.2) is 42.5 Å². The van der Waals surface area contributed by atoms with Crippen LogP contribution in [0.4, 0.5) is 35.9 Å². The number of nitrogens with zero attached hydrogens (tertiary/aromatic N) is 1. The lowest BCUT2D eigenvalue weighted by Crippen LogP contribution is -2.22. The Morgan fingerprint density at radius 3 is 2.30 bits per heavy atom. The van der Waals surface area contributed by atoms with Gasteiger partial charge in [-0.05, 0) is 61.1 Å². The summed E-state index contributed by atoms with van der Waals surface area (Å²) in [5.41, 5.74) is 6.96. The summed E-state index contributed by atoms with van der Waals surface area (Å²) in [6, 6.07) is 10.7. The van der Waals surface area contributed by atoms with E-state index in [2.05, 4.69) is 10.6 Å². The summed E-state index contributed by atoms with van der Waals surface area (Å²) in [6.45, 7) is 2.71. The van der Waals surface area contributed by atoms with E-state index in [1.807, 2.05) is 6.92 Å². The van der Waals surface area contributed by atoms with Crippen LogP contribution in [0, 0.1) is 0 Å². The SMILES string of the molecule is CCCCN(C)c1cc(NC(=S)Nc2ccc(N)cc2)cc(C(F)(F)F)c1. The third kappa shape index (κ3) is 6.32. The van der Waals surface area contributed by atoms with Crippen LogP contribution >= 0.6 is 12.2 Å². The molecule has 0 unspecified atom stereocenters. The van der Waals surface area contributed by atoms with E-state index >= 15 is 0 Å². The average Bonchev–Trinajstić information content (AvgIpc) is 2.60. The smallest absolute Gasteiger partial charge is 0.399 e. The largest absolute Gasteiger partial charge is 0.416 e. The van der Waals surface area contributed by atoms with Crippen LogP contribution < -0.4 is 21.3 Å². The van der Waals surface area contributed by atoms with Crippen molar-refractivity contribution < 1.29 is 13.2 Å². The van der Waals surface area contributed by atoms with Crippen LogP contribution in [-0.4, -0.2) is 18.7 Å². The second-order valence-corrected chi connectivity index (χ2v) is 6.65. The molecule has 0 atom stereocenters. The predicted octanol–water partition coefficient (Wildman–Crippen LogP) is 5.33. The number of nitrogen functional groups attached to an aromatic ring is 1. The van der Waals surface area contributed by atoms with Gasteiger partial charge < -0.3 is 21.3 Å². The van der Waals surface area contributed by atoms with Crippen molar-refractivity contribution in [1.29, 1.82) is 0 Å². The van der Waals surface area contributed by atoms with E-state index in [4.69, 9.17) is 18.0 Å². The van der Waals surface area contributed by atoms with Gasteiger partial charge in [-0.25, -0.2) is 0 Å². The highest BCUT2D eigenvalue weighted by Gasteiger charge is 2.31. The monoisotopic (exact) mass is 396 g/mol. The third-order valence-corrected chi connectivity index (χ3v) is 4.16. The zero-order valence-electron chi connectivity index (χ0n) is 15.2. The molecule has 8 heteroatoms. The summed E-state index contributed by atoms with van der Waals surface area (Å²) in [5.74, 6) is 0. The van der Waals surface area contributed by atoms with Crippen molar-refractivity contribution in [2.45, 2.75) is 25.9 Å². The van der Waals surface area contributed by atoms with Crippen LogP contribution in [0.5, 0.6) is 0 Å². The summed E-state index contributed by atoms with van der Waals surface area (Å²) in [4.78, 5) is 1.81. The van der Waals surface area contributed by atoms with Crippen LogP contribution in [0.25, 0.3) is 0 Å². The Kier molecular flexibility index (Phi) is 6.90. The molecule has 27 heavy (non-hydrogen) atoms. The van der Waals surface area contributed by atoms with Crippen LogP contribution in [0.1, 0.15) is 25.3 Å². The maximum Gasteiger partial charge on any atom is 0.416 e. The Hall–Kier alpha value is -2.48. The fourth-order valence-corrected chi connectivity index (χ4v) is 2.69. The molecule has 0 saturated heterocycles. The highest BCUT2D eigenvalue weighted by Crippen LogP contribution is 2.34. The van der Waals surface area contributed by atoms with E-state index < -0.39 is 11.7 Å². The number of thiocarbonyl (C=S) groups is 1. The number of hydrogen-bond acceptors (Lipinski definition) is 3. The van der Waals surface area contributed by atoms with Crippen molar-refractivity contribution >= 4 is 40.1 Å². The fraction of sp³-hybridized carbons (Fsp3) is 0.316. The molecular formula is C19H23F3N4S. The third-order valence-electron chi connectivity index (χ3n) is 3.96. The molecule has 4 nitrogen and oxygen atoms in total. The number of alkyl halides is 3. The fourth-order valence-electron chi connectivity index (χ4n) is 2.45. The van der Waals surface area contributed by atoms with Crippen LogP contribution in [0.3, 0.4) is 0 Å². The van der Waals surface area contributed by atoms with Gasteiger partial charge in [-0.2, -0.15) is 13.2 Å². The molecular weight excluding hydrogens is 373 g/mol.